The second-order valence-electron chi connectivity index (χ2n) is 10.6. The van der Waals surface area contributed by atoms with Crippen LogP contribution < -0.4 is 0 Å². The van der Waals surface area contributed by atoms with Gasteiger partial charge >= 0.3 is 0 Å². The van der Waals surface area contributed by atoms with Crippen molar-refractivity contribution in [3.05, 3.63) is 30.1 Å². The van der Waals surface area contributed by atoms with Crippen LogP contribution in [-0.4, -0.2) is 34.6 Å². The van der Waals surface area contributed by atoms with E-state index >= 15 is 0 Å². The molecule has 0 spiro atoms. The fourth-order valence-corrected chi connectivity index (χ4v) is 7.84. The smallest absolute Gasteiger partial charge is 0.223 e. The SMILES string of the molecule is CCCCCN(CCC12CCCC3CC(CC1C3)C2)C(=O)CCSCc1ccncc1. The van der Waals surface area contributed by atoms with E-state index in [0.29, 0.717) is 17.7 Å². The minimum atomic E-state index is 0.391. The average molecular weight is 443 g/mol. The molecule has 31 heavy (non-hydrogen) atoms. The lowest BCUT2D eigenvalue weighted by Crippen LogP contribution is -2.37. The van der Waals surface area contributed by atoms with Crippen molar-refractivity contribution in [3.63, 3.8) is 0 Å². The topological polar surface area (TPSA) is 33.2 Å². The zero-order valence-corrected chi connectivity index (χ0v) is 20.4. The Kier molecular flexibility index (Phi) is 8.37. The molecule has 3 saturated carbocycles. The zero-order valence-electron chi connectivity index (χ0n) is 19.6. The molecule has 1 aromatic heterocycles. The fourth-order valence-electron chi connectivity index (χ4n) is 6.95. The maximum absolute atomic E-state index is 13.2. The number of carbonyl (C=O) groups excluding carboxylic acids is 1. The molecular formula is C27H42N2OS. The fraction of sp³-hybridized carbons (Fsp3) is 0.778. The number of unbranched alkanes of at least 4 members (excludes halogenated alkanes) is 2. The molecule has 0 N–H and O–H groups in total. The first kappa shape index (κ1) is 23.1. The molecule has 0 radical (unpaired) electrons. The van der Waals surface area contributed by atoms with Gasteiger partial charge < -0.3 is 4.90 Å². The quantitative estimate of drug-likeness (QED) is 0.337. The van der Waals surface area contributed by atoms with Crippen LogP contribution in [0, 0.1) is 23.2 Å². The summed E-state index contributed by atoms with van der Waals surface area (Å²) in [6.45, 7) is 4.22. The molecule has 3 fully saturated rings. The van der Waals surface area contributed by atoms with Crippen LogP contribution in [0.25, 0.3) is 0 Å². The highest BCUT2D eigenvalue weighted by Gasteiger charge is 2.51. The number of amides is 1. The summed E-state index contributed by atoms with van der Waals surface area (Å²) < 4.78 is 0. The summed E-state index contributed by atoms with van der Waals surface area (Å²) in [5.74, 6) is 5.26. The molecule has 172 valence electrons. The van der Waals surface area contributed by atoms with E-state index in [1.807, 2.05) is 24.2 Å². The van der Waals surface area contributed by atoms with Gasteiger partial charge in [-0.25, -0.2) is 0 Å². The summed E-state index contributed by atoms with van der Waals surface area (Å²) in [5, 5.41) is 0. The van der Waals surface area contributed by atoms with Crippen molar-refractivity contribution in [2.45, 2.75) is 89.7 Å². The number of rotatable bonds is 12. The van der Waals surface area contributed by atoms with Gasteiger partial charge in [-0.3, -0.25) is 9.78 Å². The molecule has 3 aliphatic carbocycles. The number of aromatic nitrogens is 1. The average Bonchev–Trinajstić information content (AvgIpc) is 2.95. The summed E-state index contributed by atoms with van der Waals surface area (Å²) >= 11 is 1.87. The van der Waals surface area contributed by atoms with Gasteiger partial charge in [0.15, 0.2) is 0 Å². The molecule has 3 nitrogen and oxygen atoms in total. The van der Waals surface area contributed by atoms with Gasteiger partial charge in [-0.05, 0) is 85.8 Å². The predicted molar refractivity (Wildman–Crippen MR) is 131 cm³/mol. The highest BCUT2D eigenvalue weighted by Crippen LogP contribution is 2.61. The van der Waals surface area contributed by atoms with Crippen molar-refractivity contribution >= 4 is 17.7 Å². The monoisotopic (exact) mass is 442 g/mol. The normalized spacial score (nSPS) is 29.1. The molecule has 4 atom stereocenters. The van der Waals surface area contributed by atoms with Crippen molar-refractivity contribution in [2.75, 3.05) is 18.8 Å². The van der Waals surface area contributed by atoms with E-state index in [4.69, 9.17) is 0 Å². The highest BCUT2D eigenvalue weighted by molar-refractivity contribution is 7.98. The number of pyridine rings is 1. The second kappa shape index (κ2) is 11.2. The summed E-state index contributed by atoms with van der Waals surface area (Å²) in [5.41, 5.74) is 1.86. The van der Waals surface area contributed by atoms with Crippen molar-refractivity contribution in [3.8, 4) is 0 Å². The first-order chi connectivity index (χ1) is 15.2. The van der Waals surface area contributed by atoms with Crippen molar-refractivity contribution in [2.24, 2.45) is 23.2 Å². The molecule has 3 bridgehead atoms. The molecule has 0 aliphatic heterocycles. The van der Waals surface area contributed by atoms with E-state index < -0.39 is 0 Å². The van der Waals surface area contributed by atoms with E-state index in [9.17, 15) is 4.79 Å². The summed E-state index contributed by atoms with van der Waals surface area (Å²) in [6.07, 6.45) is 19.6. The van der Waals surface area contributed by atoms with Gasteiger partial charge in [-0.15, -0.1) is 0 Å². The zero-order chi connectivity index (χ0) is 21.5. The van der Waals surface area contributed by atoms with Crippen molar-refractivity contribution in [1.82, 2.24) is 9.88 Å². The molecule has 1 aromatic rings. The van der Waals surface area contributed by atoms with E-state index in [-0.39, 0.29) is 0 Å². The number of hydrogen-bond acceptors (Lipinski definition) is 3. The van der Waals surface area contributed by atoms with E-state index in [0.717, 1.165) is 48.8 Å². The first-order valence-corrected chi connectivity index (χ1v) is 14.1. The number of fused-ring (bicyclic) bond motifs is 2. The Morgan fingerprint density at radius 3 is 2.84 bits per heavy atom. The maximum atomic E-state index is 13.2. The van der Waals surface area contributed by atoms with Crippen LogP contribution in [0.2, 0.25) is 0 Å². The van der Waals surface area contributed by atoms with Crippen LogP contribution in [0.15, 0.2) is 24.5 Å². The lowest BCUT2D eigenvalue weighted by atomic mass is 9.71. The Hall–Kier alpha value is -1.03. The highest BCUT2D eigenvalue weighted by atomic mass is 32.2. The Balaban J connectivity index is 1.28. The summed E-state index contributed by atoms with van der Waals surface area (Å²) in [6, 6.07) is 4.14. The third-order valence-corrected chi connectivity index (χ3v) is 9.52. The number of nitrogens with zero attached hydrogens (tertiary/aromatic N) is 2. The van der Waals surface area contributed by atoms with Crippen LogP contribution in [0.3, 0.4) is 0 Å². The van der Waals surface area contributed by atoms with E-state index in [1.165, 1.54) is 69.8 Å². The van der Waals surface area contributed by atoms with Crippen LogP contribution in [0.1, 0.15) is 89.5 Å². The van der Waals surface area contributed by atoms with Gasteiger partial charge in [0, 0.05) is 43.4 Å². The number of thioether (sulfide) groups is 1. The lowest BCUT2D eigenvalue weighted by molar-refractivity contribution is -0.131. The van der Waals surface area contributed by atoms with Crippen LogP contribution >= 0.6 is 11.8 Å². The third kappa shape index (κ3) is 6.06. The molecule has 0 aromatic carbocycles. The number of hydrogen-bond donors (Lipinski definition) is 0. The minimum Gasteiger partial charge on any atom is -0.343 e. The van der Waals surface area contributed by atoms with Gasteiger partial charge in [0.05, 0.1) is 0 Å². The molecule has 0 saturated heterocycles. The minimum absolute atomic E-state index is 0.391. The Morgan fingerprint density at radius 2 is 2.00 bits per heavy atom. The van der Waals surface area contributed by atoms with Crippen LogP contribution in [0.4, 0.5) is 0 Å². The van der Waals surface area contributed by atoms with Gasteiger partial charge in [0.2, 0.25) is 5.91 Å². The van der Waals surface area contributed by atoms with Crippen LogP contribution in [-0.2, 0) is 10.5 Å². The van der Waals surface area contributed by atoms with Crippen LogP contribution in [0.5, 0.6) is 0 Å². The molecule has 4 unspecified atom stereocenters. The second-order valence-corrected chi connectivity index (χ2v) is 11.7. The first-order valence-electron chi connectivity index (χ1n) is 12.9. The molecule has 3 aliphatic rings. The lowest BCUT2D eigenvalue weighted by Gasteiger charge is -2.37. The maximum Gasteiger partial charge on any atom is 0.223 e. The standard InChI is InChI=1S/C27H42N2OS/c1-2-3-4-14-29(26(30)9-16-31-21-22-7-12-28-13-8-22)15-11-27-10-5-6-23-17-24(20-27)19-25(27)18-23/h7-8,12-13,23-25H,2-6,9-11,14-21H2,1H3. The van der Waals surface area contributed by atoms with Gasteiger partial charge in [-0.1, -0.05) is 32.6 Å². The van der Waals surface area contributed by atoms with Gasteiger partial charge in [0.1, 0.15) is 0 Å². The van der Waals surface area contributed by atoms with Gasteiger partial charge in [-0.2, -0.15) is 11.8 Å². The number of carbonyl (C=O) groups is 1. The molecular weight excluding hydrogens is 400 g/mol. The molecule has 1 amide bonds. The Bertz CT molecular complexity index is 696. The van der Waals surface area contributed by atoms with Gasteiger partial charge in [0.25, 0.3) is 0 Å². The predicted octanol–water partition coefficient (Wildman–Crippen LogP) is 6.72. The van der Waals surface area contributed by atoms with Crippen molar-refractivity contribution in [1.29, 1.82) is 0 Å². The molecule has 4 rings (SSSR count). The molecule has 4 heteroatoms. The molecule has 1 heterocycles. The Labute approximate surface area is 194 Å². The van der Waals surface area contributed by atoms with Crippen molar-refractivity contribution < 1.29 is 4.79 Å². The third-order valence-electron chi connectivity index (χ3n) is 8.49. The largest absolute Gasteiger partial charge is 0.343 e. The van der Waals surface area contributed by atoms with E-state index in [2.05, 4.69) is 28.9 Å². The Morgan fingerprint density at radius 1 is 1.16 bits per heavy atom. The van der Waals surface area contributed by atoms with E-state index in [1.54, 1.807) is 0 Å². The summed E-state index contributed by atoms with van der Waals surface area (Å²) in [4.78, 5) is 19.5. The summed E-state index contributed by atoms with van der Waals surface area (Å²) in [7, 11) is 0.